The minimum Gasteiger partial charge on any atom is -0.328 e. The zero-order chi connectivity index (χ0) is 10.7. The van der Waals surface area contributed by atoms with Gasteiger partial charge in [-0.05, 0) is 12.3 Å². The van der Waals surface area contributed by atoms with Crippen molar-refractivity contribution in [3.63, 3.8) is 0 Å². The van der Waals surface area contributed by atoms with Crippen LogP contribution in [-0.4, -0.2) is 29.3 Å². The van der Waals surface area contributed by atoms with Crippen LogP contribution in [0.3, 0.4) is 0 Å². The van der Waals surface area contributed by atoms with E-state index < -0.39 is 0 Å². The number of nitrogens with two attached hydrogens (primary N) is 1. The second-order valence-electron chi connectivity index (χ2n) is 4.18. The number of hydrogen-bond acceptors (Lipinski definition) is 3. The Balaban J connectivity index is 2.67. The van der Waals surface area contributed by atoms with E-state index in [2.05, 4.69) is 13.8 Å². The Morgan fingerprint density at radius 2 is 1.79 bits per heavy atom. The fraction of sp³-hybridized carbons (Fsp3) is 0.800. The molecule has 0 radical (unpaired) electrons. The van der Waals surface area contributed by atoms with E-state index in [1.165, 1.54) is 4.90 Å². The quantitative estimate of drug-likeness (QED) is 0.669. The highest BCUT2D eigenvalue weighted by Crippen LogP contribution is 2.19. The van der Waals surface area contributed by atoms with Gasteiger partial charge in [0.25, 0.3) is 0 Å². The molecule has 1 heterocycles. The molecule has 2 N–H and O–H groups in total. The summed E-state index contributed by atoms with van der Waals surface area (Å²) in [5, 5.41) is 0. The van der Waals surface area contributed by atoms with Gasteiger partial charge in [-0.2, -0.15) is 0 Å². The Morgan fingerprint density at radius 3 is 2.14 bits per heavy atom. The highest BCUT2D eigenvalue weighted by molar-refractivity contribution is 6.02. The van der Waals surface area contributed by atoms with Gasteiger partial charge in [0.05, 0.1) is 6.04 Å². The van der Waals surface area contributed by atoms with Crippen molar-refractivity contribution >= 4 is 11.8 Å². The second-order valence-corrected chi connectivity index (χ2v) is 4.18. The maximum Gasteiger partial charge on any atom is 0.229 e. The molecule has 2 amide bonds. The van der Waals surface area contributed by atoms with Gasteiger partial charge >= 0.3 is 0 Å². The summed E-state index contributed by atoms with van der Waals surface area (Å²) in [6.07, 6.45) is 1.51. The number of carbonyl (C=O) groups excluding carboxylic acids is 2. The van der Waals surface area contributed by atoms with Crippen molar-refractivity contribution in [3.05, 3.63) is 0 Å². The Kier molecular flexibility index (Phi) is 3.63. The number of nitrogens with zero attached hydrogens (tertiary/aromatic N) is 1. The van der Waals surface area contributed by atoms with Crippen molar-refractivity contribution in [3.8, 4) is 0 Å². The molecule has 1 rings (SSSR count). The van der Waals surface area contributed by atoms with Crippen LogP contribution in [0.2, 0.25) is 0 Å². The molecule has 1 atom stereocenters. The Labute approximate surface area is 84.4 Å². The summed E-state index contributed by atoms with van der Waals surface area (Å²) < 4.78 is 0. The van der Waals surface area contributed by atoms with Crippen LogP contribution in [0.4, 0.5) is 0 Å². The largest absolute Gasteiger partial charge is 0.328 e. The van der Waals surface area contributed by atoms with Crippen molar-refractivity contribution in [1.29, 1.82) is 0 Å². The van der Waals surface area contributed by atoms with E-state index in [0.29, 0.717) is 25.3 Å². The number of carbonyl (C=O) groups is 2. The predicted octanol–water partition coefficient (Wildman–Crippen LogP) is 0.509. The topological polar surface area (TPSA) is 63.4 Å². The predicted molar refractivity (Wildman–Crippen MR) is 53.4 cm³/mol. The summed E-state index contributed by atoms with van der Waals surface area (Å²) in [4.78, 5) is 24.2. The third kappa shape index (κ3) is 2.32. The van der Waals surface area contributed by atoms with E-state index in [4.69, 9.17) is 5.73 Å². The third-order valence-corrected chi connectivity index (χ3v) is 2.47. The van der Waals surface area contributed by atoms with Crippen LogP contribution < -0.4 is 5.73 Å². The molecule has 0 aromatic heterocycles. The normalized spacial score (nSPS) is 19.6. The smallest absolute Gasteiger partial charge is 0.229 e. The molecule has 0 spiro atoms. The Hall–Kier alpha value is -0.900. The number of rotatable bonds is 4. The van der Waals surface area contributed by atoms with Crippen LogP contribution in [-0.2, 0) is 9.59 Å². The number of hydrogen-bond donors (Lipinski definition) is 1. The highest BCUT2D eigenvalue weighted by Gasteiger charge is 2.34. The lowest BCUT2D eigenvalue weighted by molar-refractivity contribution is -0.141. The van der Waals surface area contributed by atoms with Crippen molar-refractivity contribution in [2.45, 2.75) is 39.2 Å². The van der Waals surface area contributed by atoms with Gasteiger partial charge in [0.1, 0.15) is 0 Å². The minimum atomic E-state index is -0.0995. The Morgan fingerprint density at radius 1 is 1.29 bits per heavy atom. The summed E-state index contributed by atoms with van der Waals surface area (Å²) in [6.45, 7) is 4.50. The van der Waals surface area contributed by atoms with Crippen molar-refractivity contribution in [1.82, 2.24) is 4.90 Å². The van der Waals surface area contributed by atoms with Gasteiger partial charge in [-0.15, -0.1) is 0 Å². The van der Waals surface area contributed by atoms with Gasteiger partial charge in [-0.25, -0.2) is 0 Å². The molecule has 14 heavy (non-hydrogen) atoms. The van der Waals surface area contributed by atoms with Crippen molar-refractivity contribution in [2.75, 3.05) is 6.54 Å². The molecule has 1 saturated heterocycles. The van der Waals surface area contributed by atoms with Gasteiger partial charge in [0, 0.05) is 19.4 Å². The third-order valence-electron chi connectivity index (χ3n) is 2.47. The minimum absolute atomic E-state index is 0.0638. The maximum atomic E-state index is 11.4. The molecule has 0 saturated carbocycles. The molecule has 1 fully saturated rings. The van der Waals surface area contributed by atoms with E-state index in [0.717, 1.165) is 6.42 Å². The summed E-state index contributed by atoms with van der Waals surface area (Å²) in [5.74, 6) is 0.321. The second kappa shape index (κ2) is 4.55. The van der Waals surface area contributed by atoms with E-state index >= 15 is 0 Å². The molecule has 0 bridgehead atoms. The zero-order valence-corrected chi connectivity index (χ0v) is 8.82. The van der Waals surface area contributed by atoms with E-state index in [9.17, 15) is 9.59 Å². The number of likely N-dealkylation sites (tertiary alicyclic amines) is 1. The van der Waals surface area contributed by atoms with Gasteiger partial charge in [-0.1, -0.05) is 13.8 Å². The standard InChI is InChI=1S/C10H18N2O2/c1-7(2)5-8(6-11)12-9(13)3-4-10(12)14/h7-8H,3-6,11H2,1-2H3. The molecule has 0 aromatic carbocycles. The number of imide groups is 1. The first-order valence-electron chi connectivity index (χ1n) is 5.11. The molecule has 1 aliphatic rings. The lowest BCUT2D eigenvalue weighted by atomic mass is 10.0. The highest BCUT2D eigenvalue weighted by atomic mass is 16.2. The first kappa shape index (κ1) is 11.2. The summed E-state index contributed by atoms with van der Waals surface area (Å²) >= 11 is 0. The van der Waals surface area contributed by atoms with E-state index in [-0.39, 0.29) is 17.9 Å². The van der Waals surface area contributed by atoms with Crippen LogP contribution in [0.15, 0.2) is 0 Å². The molecule has 4 heteroatoms. The van der Waals surface area contributed by atoms with Gasteiger partial charge < -0.3 is 5.73 Å². The average molecular weight is 198 g/mol. The summed E-state index contributed by atoms with van der Waals surface area (Å²) in [6, 6.07) is -0.0995. The van der Waals surface area contributed by atoms with E-state index in [1.807, 2.05) is 0 Å². The molecule has 1 aliphatic heterocycles. The van der Waals surface area contributed by atoms with E-state index in [1.54, 1.807) is 0 Å². The maximum absolute atomic E-state index is 11.4. The van der Waals surface area contributed by atoms with Crippen molar-refractivity contribution < 1.29 is 9.59 Å². The monoisotopic (exact) mass is 198 g/mol. The fourth-order valence-corrected chi connectivity index (χ4v) is 1.85. The first-order valence-corrected chi connectivity index (χ1v) is 5.11. The summed E-state index contributed by atoms with van der Waals surface area (Å²) in [7, 11) is 0. The van der Waals surface area contributed by atoms with Gasteiger partial charge in [0.2, 0.25) is 11.8 Å². The average Bonchev–Trinajstić information content (AvgIpc) is 2.43. The SMILES string of the molecule is CC(C)CC(CN)N1C(=O)CCC1=O. The molecule has 0 aromatic rings. The van der Waals surface area contributed by atoms with Crippen LogP contribution in [0.25, 0.3) is 0 Å². The first-order chi connectivity index (χ1) is 6.56. The van der Waals surface area contributed by atoms with Crippen LogP contribution >= 0.6 is 0 Å². The van der Waals surface area contributed by atoms with Crippen LogP contribution in [0, 0.1) is 5.92 Å². The molecule has 80 valence electrons. The molecule has 1 unspecified atom stereocenters. The van der Waals surface area contributed by atoms with Gasteiger partial charge in [-0.3, -0.25) is 14.5 Å². The molecular formula is C10H18N2O2. The number of amides is 2. The lowest BCUT2D eigenvalue weighted by Gasteiger charge is -2.26. The summed E-state index contributed by atoms with van der Waals surface area (Å²) in [5.41, 5.74) is 5.58. The van der Waals surface area contributed by atoms with Crippen LogP contribution in [0.1, 0.15) is 33.1 Å². The molecular weight excluding hydrogens is 180 g/mol. The van der Waals surface area contributed by atoms with Gasteiger partial charge in [0.15, 0.2) is 0 Å². The fourth-order valence-electron chi connectivity index (χ4n) is 1.85. The zero-order valence-electron chi connectivity index (χ0n) is 8.82. The lowest BCUT2D eigenvalue weighted by Crippen LogP contribution is -2.44. The van der Waals surface area contributed by atoms with Crippen LogP contribution in [0.5, 0.6) is 0 Å². The molecule has 0 aliphatic carbocycles. The molecule has 4 nitrogen and oxygen atoms in total. The van der Waals surface area contributed by atoms with Crippen molar-refractivity contribution in [2.24, 2.45) is 11.7 Å². The Bertz CT molecular complexity index is 222.